The predicted octanol–water partition coefficient (Wildman–Crippen LogP) is 2.71. The third-order valence-corrected chi connectivity index (χ3v) is 3.68. The summed E-state index contributed by atoms with van der Waals surface area (Å²) < 4.78 is 0. The van der Waals surface area contributed by atoms with Crippen LogP contribution < -0.4 is 11.5 Å². The molecule has 0 spiro atoms. The van der Waals surface area contributed by atoms with Crippen molar-refractivity contribution >= 4 is 11.4 Å². The van der Waals surface area contributed by atoms with Gasteiger partial charge in [0.1, 0.15) is 0 Å². The van der Waals surface area contributed by atoms with Gasteiger partial charge in [0.2, 0.25) is 0 Å². The van der Waals surface area contributed by atoms with Crippen LogP contribution in [0.15, 0.2) is 36.5 Å². The number of fused-ring (bicyclic) bond motifs is 1. The molecule has 2 aromatic rings. The number of nitrogens with two attached hydrogens (primary N) is 2. The Kier molecular flexibility index (Phi) is 2.67. The van der Waals surface area contributed by atoms with Crippen LogP contribution in [0, 0.1) is 0 Å². The van der Waals surface area contributed by atoms with E-state index in [-0.39, 0.29) is 0 Å². The molecule has 1 heterocycles. The summed E-state index contributed by atoms with van der Waals surface area (Å²) in [5.41, 5.74) is 17.2. The van der Waals surface area contributed by atoms with Crippen LogP contribution in [0.1, 0.15) is 35.6 Å². The van der Waals surface area contributed by atoms with Crippen molar-refractivity contribution in [3.05, 3.63) is 53.3 Å². The molecule has 4 N–H and O–H groups in total. The molecule has 0 bridgehead atoms. The van der Waals surface area contributed by atoms with Crippen molar-refractivity contribution in [1.82, 2.24) is 4.98 Å². The molecule has 0 amide bonds. The van der Waals surface area contributed by atoms with Crippen molar-refractivity contribution in [2.45, 2.75) is 25.2 Å². The van der Waals surface area contributed by atoms with Crippen molar-refractivity contribution < 1.29 is 0 Å². The van der Waals surface area contributed by atoms with Crippen molar-refractivity contribution in [3.63, 3.8) is 0 Å². The number of hydrogen-bond donors (Lipinski definition) is 2. The average molecular weight is 239 g/mol. The molecule has 3 nitrogen and oxygen atoms in total. The molecule has 1 aromatic carbocycles. The Balaban J connectivity index is 2.11. The SMILES string of the molecule is Nc1ccc(N)c(C2CCCc3cccnc32)c1. The van der Waals surface area contributed by atoms with E-state index < -0.39 is 0 Å². The van der Waals surface area contributed by atoms with Gasteiger partial charge in [-0.25, -0.2) is 0 Å². The number of nitrogen functional groups attached to an aromatic ring is 2. The lowest BCUT2D eigenvalue weighted by molar-refractivity contribution is 0.600. The van der Waals surface area contributed by atoms with E-state index in [4.69, 9.17) is 11.5 Å². The van der Waals surface area contributed by atoms with Crippen LogP contribution in [-0.4, -0.2) is 4.98 Å². The zero-order chi connectivity index (χ0) is 12.5. The first kappa shape index (κ1) is 11.1. The normalized spacial score (nSPS) is 18.3. The summed E-state index contributed by atoms with van der Waals surface area (Å²) in [5.74, 6) is 0.290. The number of rotatable bonds is 1. The lowest BCUT2D eigenvalue weighted by Crippen LogP contribution is -2.14. The van der Waals surface area contributed by atoms with E-state index in [1.165, 1.54) is 17.7 Å². The fourth-order valence-corrected chi connectivity index (χ4v) is 2.81. The Morgan fingerprint density at radius 3 is 2.94 bits per heavy atom. The van der Waals surface area contributed by atoms with Crippen LogP contribution in [-0.2, 0) is 6.42 Å². The average Bonchev–Trinajstić information content (AvgIpc) is 2.41. The van der Waals surface area contributed by atoms with Crippen LogP contribution in [0.4, 0.5) is 11.4 Å². The van der Waals surface area contributed by atoms with Gasteiger partial charge in [-0.1, -0.05) is 6.07 Å². The van der Waals surface area contributed by atoms with Gasteiger partial charge in [-0.2, -0.15) is 0 Å². The lowest BCUT2D eigenvalue weighted by atomic mass is 9.81. The first-order valence-corrected chi connectivity index (χ1v) is 6.34. The monoisotopic (exact) mass is 239 g/mol. The smallest absolute Gasteiger partial charge is 0.0511 e. The second-order valence-corrected chi connectivity index (χ2v) is 4.88. The highest BCUT2D eigenvalue weighted by molar-refractivity contribution is 5.58. The highest BCUT2D eigenvalue weighted by atomic mass is 14.7. The van der Waals surface area contributed by atoms with E-state index in [9.17, 15) is 0 Å². The molecule has 0 aliphatic heterocycles. The first-order valence-electron chi connectivity index (χ1n) is 6.34. The lowest BCUT2D eigenvalue weighted by Gasteiger charge is -2.25. The Labute approximate surface area is 107 Å². The van der Waals surface area contributed by atoms with E-state index in [2.05, 4.69) is 11.1 Å². The standard InChI is InChI=1S/C15H17N3/c16-11-6-7-14(17)13(9-11)12-5-1-3-10-4-2-8-18-15(10)12/h2,4,6-9,12H,1,3,5,16-17H2. The van der Waals surface area contributed by atoms with Gasteiger partial charge in [0.25, 0.3) is 0 Å². The van der Waals surface area contributed by atoms with Crippen LogP contribution in [0.5, 0.6) is 0 Å². The van der Waals surface area contributed by atoms with Gasteiger partial charge in [-0.05, 0) is 54.7 Å². The van der Waals surface area contributed by atoms with Gasteiger partial charge in [0.05, 0.1) is 5.69 Å². The van der Waals surface area contributed by atoms with Gasteiger partial charge in [-0.15, -0.1) is 0 Å². The Bertz CT molecular complexity index is 578. The van der Waals surface area contributed by atoms with Gasteiger partial charge < -0.3 is 11.5 Å². The molecule has 1 aliphatic carbocycles. The molecule has 0 saturated heterocycles. The zero-order valence-electron chi connectivity index (χ0n) is 10.3. The molecule has 0 fully saturated rings. The summed E-state index contributed by atoms with van der Waals surface area (Å²) in [4.78, 5) is 4.55. The fraction of sp³-hybridized carbons (Fsp3) is 0.267. The van der Waals surface area contributed by atoms with E-state index in [0.29, 0.717) is 5.92 Å². The Morgan fingerprint density at radius 2 is 2.06 bits per heavy atom. The summed E-state index contributed by atoms with van der Waals surface area (Å²) >= 11 is 0. The molecule has 1 aromatic heterocycles. The molecule has 92 valence electrons. The highest BCUT2D eigenvalue weighted by Crippen LogP contribution is 2.38. The van der Waals surface area contributed by atoms with Gasteiger partial charge in [0, 0.05) is 23.5 Å². The van der Waals surface area contributed by atoms with Crippen molar-refractivity contribution in [2.24, 2.45) is 0 Å². The summed E-state index contributed by atoms with van der Waals surface area (Å²) in [6.07, 6.45) is 5.25. The van der Waals surface area contributed by atoms with Crippen LogP contribution in [0.25, 0.3) is 0 Å². The summed E-state index contributed by atoms with van der Waals surface area (Å²) in [6.45, 7) is 0. The number of hydrogen-bond acceptors (Lipinski definition) is 3. The maximum absolute atomic E-state index is 6.09. The maximum Gasteiger partial charge on any atom is 0.0511 e. The minimum Gasteiger partial charge on any atom is -0.399 e. The Morgan fingerprint density at radius 1 is 1.17 bits per heavy atom. The van der Waals surface area contributed by atoms with E-state index >= 15 is 0 Å². The second kappa shape index (κ2) is 4.33. The second-order valence-electron chi connectivity index (χ2n) is 4.88. The number of nitrogens with zero attached hydrogens (tertiary/aromatic N) is 1. The number of aryl methyl sites for hydroxylation is 1. The van der Waals surface area contributed by atoms with Gasteiger partial charge in [0.15, 0.2) is 0 Å². The molecule has 3 heteroatoms. The molecule has 0 radical (unpaired) electrons. The molecule has 0 saturated carbocycles. The third kappa shape index (κ3) is 1.82. The molecular weight excluding hydrogens is 222 g/mol. The third-order valence-electron chi connectivity index (χ3n) is 3.68. The van der Waals surface area contributed by atoms with Crippen molar-refractivity contribution in [2.75, 3.05) is 11.5 Å². The molecule has 1 atom stereocenters. The summed E-state index contributed by atoms with van der Waals surface area (Å²) in [7, 11) is 0. The van der Waals surface area contributed by atoms with Crippen LogP contribution in [0.3, 0.4) is 0 Å². The minimum absolute atomic E-state index is 0.290. The first-order chi connectivity index (χ1) is 8.75. The number of anilines is 2. The zero-order valence-corrected chi connectivity index (χ0v) is 10.3. The quantitative estimate of drug-likeness (QED) is 0.752. The molecular formula is C15H17N3. The number of benzene rings is 1. The van der Waals surface area contributed by atoms with E-state index in [1.54, 1.807) is 0 Å². The number of aromatic nitrogens is 1. The van der Waals surface area contributed by atoms with E-state index in [0.717, 1.165) is 29.8 Å². The van der Waals surface area contributed by atoms with Gasteiger partial charge >= 0.3 is 0 Å². The predicted molar refractivity (Wildman–Crippen MR) is 74.3 cm³/mol. The maximum atomic E-state index is 6.09. The van der Waals surface area contributed by atoms with Crippen molar-refractivity contribution in [1.29, 1.82) is 0 Å². The topological polar surface area (TPSA) is 64.9 Å². The van der Waals surface area contributed by atoms with Crippen LogP contribution >= 0.6 is 0 Å². The minimum atomic E-state index is 0.290. The molecule has 18 heavy (non-hydrogen) atoms. The molecule has 1 unspecified atom stereocenters. The van der Waals surface area contributed by atoms with Crippen LogP contribution in [0.2, 0.25) is 0 Å². The largest absolute Gasteiger partial charge is 0.399 e. The van der Waals surface area contributed by atoms with Crippen molar-refractivity contribution in [3.8, 4) is 0 Å². The summed E-state index contributed by atoms with van der Waals surface area (Å²) in [5, 5.41) is 0. The van der Waals surface area contributed by atoms with Gasteiger partial charge in [-0.3, -0.25) is 4.98 Å². The molecule has 3 rings (SSSR count). The number of pyridine rings is 1. The highest BCUT2D eigenvalue weighted by Gasteiger charge is 2.24. The van der Waals surface area contributed by atoms with E-state index in [1.807, 2.05) is 30.5 Å². The fourth-order valence-electron chi connectivity index (χ4n) is 2.81. The molecule has 1 aliphatic rings. The Hall–Kier alpha value is -2.03. The summed E-state index contributed by atoms with van der Waals surface area (Å²) in [6, 6.07) is 9.90.